The van der Waals surface area contributed by atoms with E-state index in [0.29, 0.717) is 0 Å². The zero-order valence-electron chi connectivity index (χ0n) is 24.8. The van der Waals surface area contributed by atoms with E-state index in [1.807, 2.05) is 43.5 Å². The molecule has 5 heteroatoms. The second-order valence-electron chi connectivity index (χ2n) is 10.1. The molecule has 6 rings (SSSR count). The number of nitrogens with zero attached hydrogens (tertiary/aromatic N) is 2. The first-order valence-electron chi connectivity index (χ1n) is 13.7. The molecule has 0 atom stereocenters. The van der Waals surface area contributed by atoms with E-state index in [0.717, 1.165) is 44.6 Å². The van der Waals surface area contributed by atoms with Gasteiger partial charge in [-0.05, 0) is 42.4 Å². The molecule has 0 unspecified atom stereocenters. The molecule has 0 N–H and O–H groups in total. The van der Waals surface area contributed by atoms with E-state index < -0.39 is 14.9 Å². The summed E-state index contributed by atoms with van der Waals surface area (Å²) in [6, 6.07) is 31.9. The van der Waals surface area contributed by atoms with Crippen LogP contribution in [0.3, 0.4) is 0 Å². The Labute approximate surface area is 243 Å². The van der Waals surface area contributed by atoms with Crippen molar-refractivity contribution in [2.75, 3.05) is 0 Å². The van der Waals surface area contributed by atoms with Crippen LogP contribution in [0, 0.1) is 25.9 Å². The molecule has 3 aromatic carbocycles. The van der Waals surface area contributed by atoms with Crippen LogP contribution in [0.5, 0.6) is 0 Å². The average molecular weight is 694 g/mol. The molecule has 38 heavy (non-hydrogen) atoms. The van der Waals surface area contributed by atoms with Crippen molar-refractivity contribution < 1.29 is 28.6 Å². The van der Waals surface area contributed by atoms with Crippen LogP contribution in [-0.2, 0) is 20.1 Å². The zero-order chi connectivity index (χ0) is 28.5. The molecule has 193 valence electrons. The maximum Gasteiger partial charge on any atom is 0.120 e. The molecule has 6 aromatic rings. The summed E-state index contributed by atoms with van der Waals surface area (Å²) < 4.78 is 27.9. The molecule has 0 aliphatic rings. The van der Waals surface area contributed by atoms with Gasteiger partial charge in [0.25, 0.3) is 0 Å². The predicted molar refractivity (Wildman–Crippen MR) is 157 cm³/mol. The average Bonchev–Trinajstić information content (AvgIpc) is 3.32. The molecule has 0 bridgehead atoms. The number of hydrogen-bond donors (Lipinski definition) is 0. The van der Waals surface area contributed by atoms with E-state index in [9.17, 15) is 0 Å². The van der Waals surface area contributed by atoms with Crippen molar-refractivity contribution >= 4 is 35.2 Å². The van der Waals surface area contributed by atoms with Gasteiger partial charge in [0.1, 0.15) is 5.58 Å². The monoisotopic (exact) mass is 694 g/mol. The summed E-state index contributed by atoms with van der Waals surface area (Å²) in [6.45, 7) is 7.05. The molecule has 1 radical (unpaired) electrons. The quantitative estimate of drug-likeness (QED) is 0.139. The Morgan fingerprint density at radius 3 is 2.21 bits per heavy atom. The smallest absolute Gasteiger partial charge is 0.120 e. The van der Waals surface area contributed by atoms with E-state index >= 15 is 0 Å². The first-order chi connectivity index (χ1) is 19.0. The van der Waals surface area contributed by atoms with Crippen LogP contribution >= 0.6 is 0 Å². The summed E-state index contributed by atoms with van der Waals surface area (Å²) in [5, 5.41) is 3.77. The third kappa shape index (κ3) is 6.02. The molecule has 3 nitrogen and oxygen atoms in total. The van der Waals surface area contributed by atoms with Crippen molar-refractivity contribution in [3.05, 3.63) is 115 Å². The Morgan fingerprint density at radius 2 is 1.55 bits per heavy atom. The topological polar surface area (TPSA) is 38.9 Å². The van der Waals surface area contributed by atoms with Gasteiger partial charge >= 0.3 is 0 Å². The van der Waals surface area contributed by atoms with Crippen LogP contribution in [0.2, 0.25) is 19.6 Å². The summed E-state index contributed by atoms with van der Waals surface area (Å²) >= 11 is 0. The number of aryl methyl sites for hydroxylation is 2. The first-order valence-corrected chi connectivity index (χ1v) is 15.7. The van der Waals surface area contributed by atoms with Gasteiger partial charge in [0, 0.05) is 42.0 Å². The van der Waals surface area contributed by atoms with Gasteiger partial charge in [0.2, 0.25) is 0 Å². The molecular weight excluding hydrogens is 661 g/mol. The van der Waals surface area contributed by atoms with Crippen LogP contribution in [0.25, 0.3) is 44.5 Å². The van der Waals surface area contributed by atoms with E-state index in [1.54, 1.807) is 18.2 Å². The minimum atomic E-state index is -2.09. The molecule has 0 saturated heterocycles. The standard InChI is InChI=1S/C21H20NOSi.C12H10N.Ir/c1-14-8-10-19(22-13-14)17-7-5-6-16-18-12-15(24(2,3)4)9-11-20(18)23-21(16)17;1-10-7-8-12(13-9-10)11-5-3-2-4-6-11;/h5-6,8-13H,1-4H3;2-5,7-9H,1H3;/q2*-1;/i;1D3;. The van der Waals surface area contributed by atoms with Gasteiger partial charge in [-0.3, -0.25) is 0 Å². The molecule has 0 aliphatic heterocycles. The van der Waals surface area contributed by atoms with Crippen molar-refractivity contribution in [2.45, 2.75) is 33.4 Å². The third-order valence-electron chi connectivity index (χ3n) is 6.21. The Morgan fingerprint density at radius 1 is 0.789 bits per heavy atom. The predicted octanol–water partition coefficient (Wildman–Crippen LogP) is 8.16. The van der Waals surface area contributed by atoms with Gasteiger partial charge in [-0.1, -0.05) is 72.2 Å². The minimum Gasteiger partial charge on any atom is -0.501 e. The number of benzene rings is 3. The summed E-state index contributed by atoms with van der Waals surface area (Å²) in [4.78, 5) is 8.67. The Hall–Kier alpha value is -3.37. The number of aromatic nitrogens is 2. The second-order valence-corrected chi connectivity index (χ2v) is 15.2. The summed E-state index contributed by atoms with van der Waals surface area (Å²) in [5.41, 5.74) is 6.63. The van der Waals surface area contributed by atoms with Gasteiger partial charge in [0.05, 0.1) is 13.7 Å². The maximum atomic E-state index is 7.23. The van der Waals surface area contributed by atoms with Gasteiger partial charge in [-0.2, -0.15) is 0 Å². The molecular formula is C33H30IrN2OSi-2. The Bertz CT molecular complexity index is 1760. The fourth-order valence-electron chi connectivity index (χ4n) is 4.12. The number of rotatable bonds is 3. The van der Waals surface area contributed by atoms with Gasteiger partial charge in [0.15, 0.2) is 0 Å². The van der Waals surface area contributed by atoms with Gasteiger partial charge < -0.3 is 14.4 Å². The van der Waals surface area contributed by atoms with E-state index in [4.69, 9.17) is 8.53 Å². The molecule has 0 fully saturated rings. The fraction of sp³-hybridized carbons (Fsp3) is 0.152. The van der Waals surface area contributed by atoms with Gasteiger partial charge in [-0.15, -0.1) is 54.1 Å². The zero-order valence-corrected chi connectivity index (χ0v) is 25.2. The molecule has 0 amide bonds. The Kier molecular flexibility index (Phi) is 7.22. The number of furan rings is 1. The van der Waals surface area contributed by atoms with Crippen LogP contribution in [0.1, 0.15) is 15.2 Å². The van der Waals surface area contributed by atoms with E-state index in [-0.39, 0.29) is 25.7 Å². The largest absolute Gasteiger partial charge is 0.501 e. The SMILES string of the molecule is Cc1ccc(-c2[c-]ccc3c2oc2ccc([Si](C)(C)C)cc23)nc1.[2H]C([2H])([2H])c1ccc(-c2[c-]cccc2)nc1.[Ir]. The third-order valence-corrected chi connectivity index (χ3v) is 8.26. The first kappa shape index (κ1) is 23.7. The maximum absolute atomic E-state index is 7.23. The van der Waals surface area contributed by atoms with Gasteiger partial charge in [-0.25, -0.2) is 0 Å². The van der Waals surface area contributed by atoms with Crippen molar-refractivity contribution in [3.8, 4) is 22.5 Å². The molecule has 0 aliphatic carbocycles. The van der Waals surface area contributed by atoms with Crippen molar-refractivity contribution in [1.82, 2.24) is 9.97 Å². The normalized spacial score (nSPS) is 12.6. The van der Waals surface area contributed by atoms with Crippen LogP contribution in [0.15, 0.2) is 95.7 Å². The summed E-state index contributed by atoms with van der Waals surface area (Å²) in [7, 11) is -1.36. The minimum absolute atomic E-state index is 0. The van der Waals surface area contributed by atoms with Crippen molar-refractivity contribution in [3.63, 3.8) is 0 Å². The number of fused-ring (bicyclic) bond motifs is 3. The second kappa shape index (κ2) is 11.6. The fourth-order valence-corrected chi connectivity index (χ4v) is 5.28. The molecule has 3 aromatic heterocycles. The van der Waals surface area contributed by atoms with Crippen LogP contribution < -0.4 is 5.19 Å². The molecule has 0 spiro atoms. The molecule has 3 heterocycles. The number of pyridine rings is 2. The van der Waals surface area contributed by atoms with Crippen LogP contribution in [-0.4, -0.2) is 18.0 Å². The Balaban J connectivity index is 0.000000200. The summed E-state index contributed by atoms with van der Waals surface area (Å²) in [6.07, 6.45) is 3.27. The van der Waals surface area contributed by atoms with E-state index in [1.165, 1.54) is 16.8 Å². The van der Waals surface area contributed by atoms with E-state index in [2.05, 4.69) is 72.1 Å². The summed E-state index contributed by atoms with van der Waals surface area (Å²) in [5.74, 6) is 0. The van der Waals surface area contributed by atoms with Crippen molar-refractivity contribution in [2.24, 2.45) is 0 Å². The van der Waals surface area contributed by atoms with Crippen molar-refractivity contribution in [1.29, 1.82) is 0 Å². The number of hydrogen-bond acceptors (Lipinski definition) is 3. The molecule has 0 saturated carbocycles. The van der Waals surface area contributed by atoms with Crippen LogP contribution in [0.4, 0.5) is 0 Å².